The lowest BCUT2D eigenvalue weighted by atomic mass is 10.2. The summed E-state index contributed by atoms with van der Waals surface area (Å²) in [6, 6.07) is -0.183. The fourth-order valence-electron chi connectivity index (χ4n) is 0.818. The van der Waals surface area contributed by atoms with E-state index in [-0.39, 0.29) is 12.6 Å². The van der Waals surface area contributed by atoms with Crippen molar-refractivity contribution in [2.24, 2.45) is 0 Å². The van der Waals surface area contributed by atoms with E-state index in [1.165, 1.54) is 14.1 Å². The molecule has 1 atom stereocenters. The highest BCUT2D eigenvalue weighted by molar-refractivity contribution is 7.87. The van der Waals surface area contributed by atoms with Crippen molar-refractivity contribution in [2.75, 3.05) is 20.7 Å². The Labute approximate surface area is 79.9 Å². The Morgan fingerprint density at radius 3 is 2.31 bits per heavy atom. The Morgan fingerprint density at radius 1 is 1.46 bits per heavy atom. The van der Waals surface area contributed by atoms with Crippen LogP contribution in [0.25, 0.3) is 0 Å². The van der Waals surface area contributed by atoms with Gasteiger partial charge in [-0.25, -0.2) is 0 Å². The monoisotopic (exact) mass is 210 g/mol. The van der Waals surface area contributed by atoms with Gasteiger partial charge in [-0.3, -0.25) is 0 Å². The topological polar surface area (TPSA) is 69.6 Å². The van der Waals surface area contributed by atoms with E-state index in [0.717, 1.165) is 4.31 Å². The number of nitrogens with zero attached hydrogens (tertiary/aromatic N) is 1. The van der Waals surface area contributed by atoms with Gasteiger partial charge >= 0.3 is 0 Å². The first kappa shape index (κ1) is 12.8. The number of aliphatic hydroxyl groups excluding tert-OH is 1. The summed E-state index contributed by atoms with van der Waals surface area (Å²) in [7, 11) is -0.427. The van der Waals surface area contributed by atoms with Crippen LogP contribution in [0.3, 0.4) is 0 Å². The average Bonchev–Trinajstić information content (AvgIpc) is 2.03. The third-order valence-electron chi connectivity index (χ3n) is 1.77. The van der Waals surface area contributed by atoms with Gasteiger partial charge in [0.1, 0.15) is 0 Å². The minimum absolute atomic E-state index is 0.00550. The highest BCUT2D eigenvalue weighted by atomic mass is 32.2. The molecule has 1 unspecified atom stereocenters. The molecule has 0 amide bonds. The molecule has 0 aromatic heterocycles. The van der Waals surface area contributed by atoms with Gasteiger partial charge in [0.15, 0.2) is 0 Å². The summed E-state index contributed by atoms with van der Waals surface area (Å²) in [5.41, 5.74) is 0. The van der Waals surface area contributed by atoms with Crippen molar-refractivity contribution in [3.63, 3.8) is 0 Å². The quantitative estimate of drug-likeness (QED) is 0.623. The van der Waals surface area contributed by atoms with Crippen LogP contribution < -0.4 is 4.72 Å². The second-order valence-electron chi connectivity index (χ2n) is 3.02. The van der Waals surface area contributed by atoms with Crippen molar-refractivity contribution < 1.29 is 13.5 Å². The van der Waals surface area contributed by atoms with E-state index in [4.69, 9.17) is 5.11 Å². The van der Waals surface area contributed by atoms with E-state index in [9.17, 15) is 8.42 Å². The van der Waals surface area contributed by atoms with E-state index in [1.807, 2.05) is 6.92 Å². The number of rotatable bonds is 6. The van der Waals surface area contributed by atoms with E-state index in [0.29, 0.717) is 12.8 Å². The van der Waals surface area contributed by atoms with Crippen LogP contribution in [0.2, 0.25) is 0 Å². The predicted molar refractivity (Wildman–Crippen MR) is 51.5 cm³/mol. The summed E-state index contributed by atoms with van der Waals surface area (Å²) < 4.78 is 26.2. The van der Waals surface area contributed by atoms with Gasteiger partial charge in [-0.15, -0.1) is 0 Å². The zero-order valence-corrected chi connectivity index (χ0v) is 9.13. The lowest BCUT2D eigenvalue weighted by Crippen LogP contribution is -2.42. The number of hydrogen-bond acceptors (Lipinski definition) is 3. The summed E-state index contributed by atoms with van der Waals surface area (Å²) in [4.78, 5) is 0. The minimum Gasteiger partial charge on any atom is -0.396 e. The molecule has 6 heteroatoms. The molecule has 5 nitrogen and oxygen atoms in total. The normalized spacial score (nSPS) is 14.8. The molecule has 0 aliphatic heterocycles. The van der Waals surface area contributed by atoms with Crippen molar-refractivity contribution in [1.82, 2.24) is 9.03 Å². The summed E-state index contributed by atoms with van der Waals surface area (Å²) >= 11 is 0. The largest absolute Gasteiger partial charge is 0.396 e. The Hall–Kier alpha value is -0.170. The molecule has 0 saturated heterocycles. The molecule has 0 spiro atoms. The second kappa shape index (κ2) is 5.54. The first-order valence-corrected chi connectivity index (χ1v) is 5.68. The molecule has 2 N–H and O–H groups in total. The number of aliphatic hydroxyl groups is 1. The van der Waals surface area contributed by atoms with Crippen LogP contribution >= 0.6 is 0 Å². The molecular weight excluding hydrogens is 192 g/mol. The molecule has 0 radical (unpaired) electrons. The van der Waals surface area contributed by atoms with Crippen LogP contribution in [0, 0.1) is 0 Å². The van der Waals surface area contributed by atoms with Crippen LogP contribution in [0.5, 0.6) is 0 Å². The number of nitrogens with one attached hydrogen (secondary N) is 1. The molecule has 80 valence electrons. The average molecular weight is 210 g/mol. The van der Waals surface area contributed by atoms with Crippen LogP contribution in [0.1, 0.15) is 19.8 Å². The van der Waals surface area contributed by atoms with Crippen molar-refractivity contribution >= 4 is 10.2 Å². The van der Waals surface area contributed by atoms with E-state index < -0.39 is 10.2 Å². The molecule has 0 aliphatic carbocycles. The SMILES string of the molecule is CCC(CCO)NS(=O)(=O)N(C)C. The van der Waals surface area contributed by atoms with Gasteiger partial charge in [0.05, 0.1) is 0 Å². The molecule has 0 fully saturated rings. The van der Waals surface area contributed by atoms with Gasteiger partial charge in [-0.1, -0.05) is 6.92 Å². The molecule has 0 saturated carbocycles. The molecule has 13 heavy (non-hydrogen) atoms. The van der Waals surface area contributed by atoms with Gasteiger partial charge in [0, 0.05) is 26.7 Å². The van der Waals surface area contributed by atoms with Gasteiger partial charge in [-0.05, 0) is 12.8 Å². The van der Waals surface area contributed by atoms with Crippen LogP contribution in [0.15, 0.2) is 0 Å². The van der Waals surface area contributed by atoms with Crippen molar-refractivity contribution in [1.29, 1.82) is 0 Å². The Kier molecular flexibility index (Phi) is 5.46. The zero-order valence-electron chi connectivity index (χ0n) is 8.32. The summed E-state index contributed by atoms with van der Waals surface area (Å²) in [5.74, 6) is 0. The third kappa shape index (κ3) is 4.56. The maximum absolute atomic E-state index is 11.3. The van der Waals surface area contributed by atoms with E-state index in [1.54, 1.807) is 0 Å². The highest BCUT2D eigenvalue weighted by Gasteiger charge is 2.17. The molecule has 0 aliphatic rings. The van der Waals surface area contributed by atoms with Gasteiger partial charge in [0.25, 0.3) is 10.2 Å². The lowest BCUT2D eigenvalue weighted by molar-refractivity contribution is 0.269. The highest BCUT2D eigenvalue weighted by Crippen LogP contribution is 2.00. The summed E-state index contributed by atoms with van der Waals surface area (Å²) in [6.45, 7) is 1.87. The standard InChI is InChI=1S/C7H18N2O3S/c1-4-7(5-6-10)8-13(11,12)9(2)3/h7-8,10H,4-6H2,1-3H3. The molecular formula is C7H18N2O3S. The van der Waals surface area contributed by atoms with Gasteiger partial charge in [0.2, 0.25) is 0 Å². The summed E-state index contributed by atoms with van der Waals surface area (Å²) in [5, 5.41) is 8.65. The Morgan fingerprint density at radius 2 is 2.00 bits per heavy atom. The Bertz CT molecular complexity index is 226. The Balaban J connectivity index is 4.23. The van der Waals surface area contributed by atoms with Crippen molar-refractivity contribution in [2.45, 2.75) is 25.8 Å². The van der Waals surface area contributed by atoms with Crippen molar-refractivity contribution in [3.05, 3.63) is 0 Å². The minimum atomic E-state index is -3.36. The van der Waals surface area contributed by atoms with Gasteiger partial charge in [-0.2, -0.15) is 17.4 Å². The fourth-order valence-corrected chi connectivity index (χ4v) is 1.73. The molecule has 0 aromatic carbocycles. The predicted octanol–water partition coefficient (Wildman–Crippen LogP) is -0.457. The first-order valence-electron chi connectivity index (χ1n) is 4.24. The second-order valence-corrected chi connectivity index (χ2v) is 4.94. The van der Waals surface area contributed by atoms with Gasteiger partial charge < -0.3 is 5.11 Å². The smallest absolute Gasteiger partial charge is 0.279 e. The zero-order chi connectivity index (χ0) is 10.5. The lowest BCUT2D eigenvalue weighted by Gasteiger charge is -2.19. The molecule has 0 aromatic rings. The number of hydrogen-bond donors (Lipinski definition) is 2. The maximum Gasteiger partial charge on any atom is 0.279 e. The van der Waals surface area contributed by atoms with Crippen molar-refractivity contribution in [3.8, 4) is 0 Å². The first-order chi connectivity index (χ1) is 5.94. The van der Waals surface area contributed by atoms with Crippen LogP contribution in [-0.2, 0) is 10.2 Å². The molecule has 0 rings (SSSR count). The molecule has 0 bridgehead atoms. The fraction of sp³-hybridized carbons (Fsp3) is 1.00. The summed E-state index contributed by atoms with van der Waals surface area (Å²) in [6.07, 6.45) is 1.12. The third-order valence-corrected chi connectivity index (χ3v) is 3.36. The maximum atomic E-state index is 11.3. The van der Waals surface area contributed by atoms with E-state index >= 15 is 0 Å². The van der Waals surface area contributed by atoms with Crippen LogP contribution in [-0.4, -0.2) is 44.6 Å². The van der Waals surface area contributed by atoms with Crippen LogP contribution in [0.4, 0.5) is 0 Å². The molecule has 0 heterocycles. The van der Waals surface area contributed by atoms with E-state index in [2.05, 4.69) is 4.72 Å².